The summed E-state index contributed by atoms with van der Waals surface area (Å²) in [6.07, 6.45) is 6.28. The van der Waals surface area contributed by atoms with E-state index < -0.39 is 8.07 Å². The van der Waals surface area contributed by atoms with Crippen molar-refractivity contribution in [2.75, 3.05) is 18.6 Å². The average Bonchev–Trinajstić information content (AvgIpc) is 3.81. The third-order valence-electron chi connectivity index (χ3n) is 11.3. The van der Waals surface area contributed by atoms with Crippen LogP contribution in [0.4, 0.5) is 5.69 Å². The smallest absolute Gasteiger partial charge is 0.203 e. The number of pyridine rings is 1. The zero-order valence-corrected chi connectivity index (χ0v) is 32.3. The molecule has 0 aliphatic carbocycles. The van der Waals surface area contributed by atoms with Crippen LogP contribution in [-0.4, -0.2) is 36.2 Å². The summed E-state index contributed by atoms with van der Waals surface area (Å²) in [7, 11) is -0.753. The van der Waals surface area contributed by atoms with Gasteiger partial charge in [-0.05, 0) is 91.1 Å². The minimum Gasteiger partial charge on any atom is -0.361 e. The van der Waals surface area contributed by atoms with Gasteiger partial charge in [0.25, 0.3) is 0 Å². The van der Waals surface area contributed by atoms with Crippen LogP contribution in [0.3, 0.4) is 0 Å². The van der Waals surface area contributed by atoms with Gasteiger partial charge in [-0.2, -0.15) is 0 Å². The first-order chi connectivity index (χ1) is 24.9. The number of aromatic nitrogens is 2. The lowest BCUT2D eigenvalue weighted by Crippen LogP contribution is -2.73. The van der Waals surface area contributed by atoms with Gasteiger partial charge in [-0.25, -0.2) is 0 Å². The molecule has 0 radical (unpaired) electrons. The van der Waals surface area contributed by atoms with E-state index in [4.69, 9.17) is 4.98 Å². The number of anilines is 1. The number of nitrogens with zero attached hydrogens (tertiary/aromatic N) is 4. The van der Waals surface area contributed by atoms with Gasteiger partial charge < -0.3 is 14.4 Å². The van der Waals surface area contributed by atoms with Crippen molar-refractivity contribution in [3.05, 3.63) is 151 Å². The second kappa shape index (κ2) is 11.6. The fourth-order valence-electron chi connectivity index (χ4n) is 8.58. The molecule has 4 nitrogen and oxygen atoms in total. The fraction of sp³-hybridized carbons (Fsp3) is 0.213. The predicted molar refractivity (Wildman–Crippen MR) is 223 cm³/mol. The maximum Gasteiger partial charge on any atom is 0.203 e. The van der Waals surface area contributed by atoms with Gasteiger partial charge in [0.05, 0.1) is 17.7 Å². The Balaban J connectivity index is 1.36. The van der Waals surface area contributed by atoms with E-state index in [0.717, 1.165) is 12.4 Å². The molecule has 0 N–H and O–H groups in total. The van der Waals surface area contributed by atoms with E-state index in [1.807, 2.05) is 6.20 Å². The Morgan fingerprint density at radius 1 is 0.577 bits per heavy atom. The summed E-state index contributed by atoms with van der Waals surface area (Å²) in [5.74, 6) is 0. The van der Waals surface area contributed by atoms with E-state index in [0.29, 0.717) is 0 Å². The summed E-state index contributed by atoms with van der Waals surface area (Å²) in [6.45, 7) is 14.8. The van der Waals surface area contributed by atoms with Crippen LogP contribution in [-0.2, 0) is 10.8 Å². The molecule has 0 amide bonds. The summed E-state index contributed by atoms with van der Waals surface area (Å²) in [5.41, 5.74) is 10.3. The van der Waals surface area contributed by atoms with Gasteiger partial charge in [0, 0.05) is 53.1 Å². The Morgan fingerprint density at radius 3 is 1.87 bits per heavy atom. The maximum absolute atomic E-state index is 5.25. The Labute approximate surface area is 308 Å². The van der Waals surface area contributed by atoms with Crippen LogP contribution in [0.1, 0.15) is 52.7 Å². The van der Waals surface area contributed by atoms with Gasteiger partial charge in [-0.3, -0.25) is 4.98 Å². The topological polar surface area (TPSA) is 24.3 Å². The first-order valence-electron chi connectivity index (χ1n) is 18.5. The summed E-state index contributed by atoms with van der Waals surface area (Å²) in [6, 6.07) is 46.3. The second-order valence-electron chi connectivity index (χ2n) is 16.8. The van der Waals surface area contributed by atoms with Gasteiger partial charge >= 0.3 is 0 Å². The molecule has 258 valence electrons. The van der Waals surface area contributed by atoms with Crippen LogP contribution in [0.2, 0.25) is 0 Å². The molecule has 5 heteroatoms. The molecule has 2 aromatic heterocycles. The van der Waals surface area contributed by atoms with E-state index in [1.54, 1.807) is 0 Å². The lowest BCUT2D eigenvalue weighted by atomic mass is 9.83. The van der Waals surface area contributed by atoms with Gasteiger partial charge in [0.15, 0.2) is 0 Å². The van der Waals surface area contributed by atoms with Crippen molar-refractivity contribution in [1.82, 2.24) is 14.5 Å². The summed E-state index contributed by atoms with van der Waals surface area (Å²) in [5, 5.41) is 7.91. The largest absolute Gasteiger partial charge is 0.361 e. The van der Waals surface area contributed by atoms with Crippen LogP contribution >= 0.6 is 0 Å². The molecule has 2 aliphatic rings. The highest BCUT2D eigenvalue weighted by molar-refractivity contribution is 7.21. The molecule has 0 saturated heterocycles. The molecule has 0 unspecified atom stereocenters. The first kappa shape index (κ1) is 32.5. The molecule has 9 rings (SSSR count). The standard InChI is InChI=1S/C47H46N4Si/c1-46(2,3)32-18-22-43-39(27-32)40-28-33(47(4,5)6)19-23-44(40)52(43,45-17-10-11-24-48-45)36-20-21-38-37-15-8-9-16-41(37)51(42(38)30-36)35-14-12-13-34(29-35)50-26-25-49(7)31-50/h8-30H,31H2,1-7H3. The number of benzene rings is 5. The van der Waals surface area contributed by atoms with Crippen molar-refractivity contribution >= 4 is 56.4 Å². The molecule has 0 fully saturated rings. The summed E-state index contributed by atoms with van der Waals surface area (Å²) >= 11 is 0. The molecule has 5 aromatic carbocycles. The third kappa shape index (κ3) is 4.90. The molecule has 7 aromatic rings. The lowest BCUT2D eigenvalue weighted by molar-refractivity contribution is 0.496. The molecule has 52 heavy (non-hydrogen) atoms. The lowest BCUT2D eigenvalue weighted by Gasteiger charge is -2.31. The summed E-state index contributed by atoms with van der Waals surface area (Å²) < 4.78 is 2.48. The first-order valence-corrected chi connectivity index (χ1v) is 20.5. The number of hydrogen-bond acceptors (Lipinski definition) is 3. The van der Waals surface area contributed by atoms with Crippen molar-refractivity contribution in [1.29, 1.82) is 0 Å². The van der Waals surface area contributed by atoms with Crippen LogP contribution < -0.4 is 25.8 Å². The minimum absolute atomic E-state index is 0.0310. The van der Waals surface area contributed by atoms with Crippen molar-refractivity contribution in [3.63, 3.8) is 0 Å². The highest BCUT2D eigenvalue weighted by atomic mass is 28.3. The van der Waals surface area contributed by atoms with E-state index in [1.165, 1.54) is 70.6 Å². The van der Waals surface area contributed by atoms with Crippen molar-refractivity contribution < 1.29 is 0 Å². The molecule has 0 spiro atoms. The SMILES string of the molecule is CN1C=CN(c2cccc(-n3c4ccccc4c4ccc([Si]5(c6ccccn6)c6ccc(C(C)(C)C)cc6-c6cc(C(C)(C)C)ccc65)cc43)c2)C1. The Hall–Kier alpha value is -5.39. The van der Waals surface area contributed by atoms with Gasteiger partial charge in [0.1, 0.15) is 0 Å². The fourth-order valence-corrected chi connectivity index (χ4v) is 13.5. The van der Waals surface area contributed by atoms with Crippen LogP contribution in [0.5, 0.6) is 0 Å². The van der Waals surface area contributed by atoms with Crippen LogP contribution in [0.15, 0.2) is 140 Å². The predicted octanol–water partition coefficient (Wildman–Crippen LogP) is 8.31. The van der Waals surface area contributed by atoms with Crippen molar-refractivity contribution in [3.8, 4) is 16.8 Å². The third-order valence-corrected chi connectivity index (χ3v) is 16.1. The zero-order chi connectivity index (χ0) is 36.0. The average molecular weight is 695 g/mol. The number of para-hydroxylation sites is 1. The Kier molecular flexibility index (Phi) is 7.23. The van der Waals surface area contributed by atoms with Gasteiger partial charge in [0.2, 0.25) is 8.07 Å². The maximum atomic E-state index is 5.25. The van der Waals surface area contributed by atoms with Crippen LogP contribution in [0, 0.1) is 0 Å². The minimum atomic E-state index is -2.87. The summed E-state index contributed by atoms with van der Waals surface area (Å²) in [4.78, 5) is 9.76. The van der Waals surface area contributed by atoms with E-state index in [-0.39, 0.29) is 10.8 Å². The van der Waals surface area contributed by atoms with Gasteiger partial charge in [-0.15, -0.1) is 0 Å². The molecule has 0 atom stereocenters. The van der Waals surface area contributed by atoms with Crippen molar-refractivity contribution in [2.24, 2.45) is 0 Å². The van der Waals surface area contributed by atoms with Gasteiger partial charge in [-0.1, -0.05) is 120 Å². The molecule has 0 bridgehead atoms. The molecule has 4 heterocycles. The highest BCUT2D eigenvalue weighted by Gasteiger charge is 2.50. The van der Waals surface area contributed by atoms with E-state index >= 15 is 0 Å². The Bertz CT molecular complexity index is 2480. The number of hydrogen-bond donors (Lipinski definition) is 0. The highest BCUT2D eigenvalue weighted by Crippen LogP contribution is 2.37. The number of fused-ring (bicyclic) bond motifs is 6. The monoisotopic (exact) mass is 694 g/mol. The van der Waals surface area contributed by atoms with Crippen LogP contribution in [0.25, 0.3) is 38.6 Å². The number of rotatable bonds is 4. The molecule has 2 aliphatic heterocycles. The zero-order valence-electron chi connectivity index (χ0n) is 31.3. The second-order valence-corrected chi connectivity index (χ2v) is 20.4. The molecular weight excluding hydrogens is 649 g/mol. The van der Waals surface area contributed by atoms with E-state index in [2.05, 4.69) is 197 Å². The molecule has 0 saturated carbocycles. The quantitative estimate of drug-likeness (QED) is 0.173. The van der Waals surface area contributed by atoms with Crippen molar-refractivity contribution in [2.45, 2.75) is 52.4 Å². The van der Waals surface area contributed by atoms with E-state index in [9.17, 15) is 0 Å². The normalized spacial score (nSPS) is 15.1. The Morgan fingerprint density at radius 2 is 1.23 bits per heavy atom. The molecular formula is C47H46N4Si.